The van der Waals surface area contributed by atoms with E-state index < -0.39 is 0 Å². The van der Waals surface area contributed by atoms with Crippen LogP contribution in [0, 0.1) is 0 Å². The van der Waals surface area contributed by atoms with E-state index in [2.05, 4.69) is 16.7 Å². The molecule has 130 valence electrons. The predicted molar refractivity (Wildman–Crippen MR) is 98.6 cm³/mol. The summed E-state index contributed by atoms with van der Waals surface area (Å²) in [5.74, 6) is 0.164. The molecule has 2 N–H and O–H groups in total. The van der Waals surface area contributed by atoms with E-state index in [1.165, 1.54) is 11.1 Å². The minimum absolute atomic E-state index is 0.160. The van der Waals surface area contributed by atoms with Gasteiger partial charge in [0.2, 0.25) is 5.91 Å². The van der Waals surface area contributed by atoms with Crippen molar-refractivity contribution in [1.82, 2.24) is 10.6 Å². The molecule has 0 saturated heterocycles. The molecule has 3 rings (SSSR count). The van der Waals surface area contributed by atoms with Gasteiger partial charge in [0.25, 0.3) is 0 Å². The third kappa shape index (κ3) is 4.38. The summed E-state index contributed by atoms with van der Waals surface area (Å²) >= 11 is 0. The van der Waals surface area contributed by atoms with Crippen molar-refractivity contribution in [2.75, 3.05) is 18.5 Å². The van der Waals surface area contributed by atoms with Crippen LogP contribution in [0.15, 0.2) is 48.5 Å². The second-order valence-corrected chi connectivity index (χ2v) is 6.26. The summed E-state index contributed by atoms with van der Waals surface area (Å²) in [5, 5.41) is 5.73. The van der Waals surface area contributed by atoms with E-state index in [9.17, 15) is 9.59 Å². The third-order valence-electron chi connectivity index (χ3n) is 4.48. The highest BCUT2D eigenvalue weighted by atomic mass is 16.2. The molecule has 5 heteroatoms. The summed E-state index contributed by atoms with van der Waals surface area (Å²) in [6.45, 7) is 1.10. The zero-order valence-electron chi connectivity index (χ0n) is 14.4. The Kier molecular flexibility index (Phi) is 5.33. The van der Waals surface area contributed by atoms with Gasteiger partial charge in [-0.1, -0.05) is 42.5 Å². The summed E-state index contributed by atoms with van der Waals surface area (Å²) in [5.41, 5.74) is 4.44. The van der Waals surface area contributed by atoms with Gasteiger partial charge >= 0.3 is 6.03 Å². The van der Waals surface area contributed by atoms with Crippen molar-refractivity contribution < 1.29 is 9.59 Å². The van der Waals surface area contributed by atoms with Crippen LogP contribution in [0.3, 0.4) is 0 Å². The molecule has 0 aromatic heterocycles. The fourth-order valence-corrected chi connectivity index (χ4v) is 3.03. The minimum Gasteiger partial charge on any atom is -0.338 e. The van der Waals surface area contributed by atoms with Gasteiger partial charge < -0.3 is 15.5 Å². The van der Waals surface area contributed by atoms with E-state index in [0.717, 1.165) is 24.1 Å². The molecule has 2 aromatic carbocycles. The molecule has 0 saturated carbocycles. The SMILES string of the molecule is CN1C(=O)CCc2cc(CCNC(=O)NCc3ccccc3)ccc21. The van der Waals surface area contributed by atoms with Gasteiger partial charge in [-0.15, -0.1) is 0 Å². The molecule has 1 aliphatic heterocycles. The van der Waals surface area contributed by atoms with Crippen LogP contribution in [0.4, 0.5) is 10.5 Å². The van der Waals surface area contributed by atoms with Crippen LogP contribution < -0.4 is 15.5 Å². The molecule has 0 unspecified atom stereocenters. The molecular weight excluding hydrogens is 314 g/mol. The Hall–Kier alpha value is -2.82. The fourth-order valence-electron chi connectivity index (χ4n) is 3.03. The predicted octanol–water partition coefficient (Wildman–Crippen LogP) is 2.64. The molecule has 0 aliphatic carbocycles. The standard InChI is InChI=1S/C20H23N3O2/c1-23-18-9-7-15(13-17(18)8-10-19(23)24)11-12-21-20(25)22-14-16-5-3-2-4-6-16/h2-7,9,13H,8,10-12,14H2,1H3,(H2,21,22,25). The Balaban J connectivity index is 1.46. The van der Waals surface area contributed by atoms with Gasteiger partial charge in [-0.05, 0) is 35.6 Å². The molecule has 0 spiro atoms. The summed E-state index contributed by atoms with van der Waals surface area (Å²) in [6, 6.07) is 15.8. The zero-order valence-corrected chi connectivity index (χ0v) is 14.4. The normalized spacial score (nSPS) is 13.3. The van der Waals surface area contributed by atoms with Crippen LogP contribution in [-0.4, -0.2) is 25.5 Å². The van der Waals surface area contributed by atoms with Crippen molar-refractivity contribution >= 4 is 17.6 Å². The van der Waals surface area contributed by atoms with Gasteiger partial charge in [0.15, 0.2) is 0 Å². The molecule has 1 heterocycles. The molecule has 0 bridgehead atoms. The molecular formula is C20H23N3O2. The van der Waals surface area contributed by atoms with Crippen molar-refractivity contribution in [2.45, 2.75) is 25.8 Å². The number of anilines is 1. The van der Waals surface area contributed by atoms with E-state index in [1.807, 2.05) is 49.5 Å². The lowest BCUT2D eigenvalue weighted by Gasteiger charge is -2.26. The Morgan fingerprint density at radius 1 is 1.04 bits per heavy atom. The number of rotatable bonds is 5. The van der Waals surface area contributed by atoms with Crippen molar-refractivity contribution in [3.8, 4) is 0 Å². The second kappa shape index (κ2) is 7.83. The fraction of sp³-hybridized carbons (Fsp3) is 0.300. The molecule has 25 heavy (non-hydrogen) atoms. The van der Waals surface area contributed by atoms with E-state index >= 15 is 0 Å². The smallest absolute Gasteiger partial charge is 0.315 e. The highest BCUT2D eigenvalue weighted by Crippen LogP contribution is 2.27. The van der Waals surface area contributed by atoms with E-state index in [-0.39, 0.29) is 11.9 Å². The van der Waals surface area contributed by atoms with Crippen molar-refractivity contribution in [2.24, 2.45) is 0 Å². The summed E-state index contributed by atoms with van der Waals surface area (Å²) in [4.78, 5) is 25.3. The third-order valence-corrected chi connectivity index (χ3v) is 4.48. The number of urea groups is 1. The van der Waals surface area contributed by atoms with Gasteiger partial charge in [0.05, 0.1) is 0 Å². The molecule has 2 aromatic rings. The lowest BCUT2D eigenvalue weighted by molar-refractivity contribution is -0.118. The Morgan fingerprint density at radius 3 is 2.64 bits per heavy atom. The first kappa shape index (κ1) is 17.0. The first-order chi connectivity index (χ1) is 12.1. The van der Waals surface area contributed by atoms with Crippen molar-refractivity contribution in [1.29, 1.82) is 0 Å². The van der Waals surface area contributed by atoms with Crippen LogP contribution in [0.5, 0.6) is 0 Å². The Labute approximate surface area is 148 Å². The van der Waals surface area contributed by atoms with Gasteiger partial charge in [-0.25, -0.2) is 4.79 Å². The lowest BCUT2D eigenvalue weighted by Crippen LogP contribution is -2.36. The van der Waals surface area contributed by atoms with Crippen LogP contribution in [0.25, 0.3) is 0 Å². The maximum Gasteiger partial charge on any atom is 0.315 e. The van der Waals surface area contributed by atoms with Crippen molar-refractivity contribution in [3.05, 3.63) is 65.2 Å². The van der Waals surface area contributed by atoms with Gasteiger partial charge in [0.1, 0.15) is 0 Å². The maximum atomic E-state index is 11.9. The monoisotopic (exact) mass is 337 g/mol. The number of benzene rings is 2. The zero-order chi connectivity index (χ0) is 17.6. The largest absolute Gasteiger partial charge is 0.338 e. The minimum atomic E-state index is -0.160. The van der Waals surface area contributed by atoms with Crippen molar-refractivity contribution in [3.63, 3.8) is 0 Å². The average molecular weight is 337 g/mol. The topological polar surface area (TPSA) is 61.4 Å². The Morgan fingerprint density at radius 2 is 1.84 bits per heavy atom. The highest BCUT2D eigenvalue weighted by molar-refractivity contribution is 5.95. The molecule has 3 amide bonds. The first-order valence-electron chi connectivity index (χ1n) is 8.57. The average Bonchev–Trinajstić information content (AvgIpc) is 2.64. The first-order valence-corrected chi connectivity index (χ1v) is 8.57. The molecule has 5 nitrogen and oxygen atoms in total. The Bertz CT molecular complexity index is 759. The molecule has 0 radical (unpaired) electrons. The van der Waals surface area contributed by atoms with Gasteiger partial charge in [-0.2, -0.15) is 0 Å². The number of nitrogens with zero attached hydrogens (tertiary/aromatic N) is 1. The quantitative estimate of drug-likeness (QED) is 0.881. The number of carbonyl (C=O) groups is 2. The van der Waals surface area contributed by atoms with Gasteiger partial charge in [0, 0.05) is 32.2 Å². The summed E-state index contributed by atoms with van der Waals surface area (Å²) in [6.07, 6.45) is 2.12. The molecule has 0 atom stereocenters. The number of fused-ring (bicyclic) bond motifs is 1. The number of aryl methyl sites for hydroxylation is 1. The van der Waals surface area contributed by atoms with E-state index in [4.69, 9.17) is 0 Å². The van der Waals surface area contributed by atoms with Crippen LogP contribution in [0.2, 0.25) is 0 Å². The second-order valence-electron chi connectivity index (χ2n) is 6.26. The van der Waals surface area contributed by atoms with E-state index in [0.29, 0.717) is 19.5 Å². The van der Waals surface area contributed by atoms with Gasteiger partial charge in [-0.3, -0.25) is 4.79 Å². The maximum absolute atomic E-state index is 11.9. The van der Waals surface area contributed by atoms with Crippen LogP contribution in [0.1, 0.15) is 23.1 Å². The number of amides is 3. The number of carbonyl (C=O) groups excluding carboxylic acids is 2. The number of hydrogen-bond donors (Lipinski definition) is 2. The number of hydrogen-bond acceptors (Lipinski definition) is 2. The summed E-state index contributed by atoms with van der Waals surface area (Å²) < 4.78 is 0. The molecule has 0 fully saturated rings. The highest BCUT2D eigenvalue weighted by Gasteiger charge is 2.20. The van der Waals surface area contributed by atoms with Crippen LogP contribution >= 0.6 is 0 Å². The summed E-state index contributed by atoms with van der Waals surface area (Å²) in [7, 11) is 1.82. The lowest BCUT2D eigenvalue weighted by atomic mass is 9.98. The van der Waals surface area contributed by atoms with E-state index in [1.54, 1.807) is 4.90 Å². The number of nitrogens with one attached hydrogen (secondary N) is 2. The molecule has 1 aliphatic rings. The van der Waals surface area contributed by atoms with Crippen LogP contribution in [-0.2, 0) is 24.2 Å².